The molecule has 0 N–H and O–H groups in total. The van der Waals surface area contributed by atoms with E-state index in [1.54, 1.807) is 22.7 Å². The van der Waals surface area contributed by atoms with Crippen molar-refractivity contribution >= 4 is 34.3 Å². The molecule has 10 heteroatoms. The molecule has 0 fully saturated rings. The maximum Gasteiger partial charge on any atom is 0.333 e. The molecule has 0 aliphatic heterocycles. The molecule has 0 aliphatic rings. The zero-order valence-electron chi connectivity index (χ0n) is 17.1. The Labute approximate surface area is 175 Å². The summed E-state index contributed by atoms with van der Waals surface area (Å²) in [7, 11) is 3.07. The average molecular weight is 430 g/mol. The normalized spacial score (nSPS) is 12.6. The summed E-state index contributed by atoms with van der Waals surface area (Å²) in [6.45, 7) is 4.75. The van der Waals surface area contributed by atoms with Gasteiger partial charge in [0.15, 0.2) is 16.9 Å². The highest BCUT2D eigenvalue weighted by atomic mass is 35.5. The van der Waals surface area contributed by atoms with Crippen LogP contribution in [-0.2, 0) is 11.8 Å². The van der Waals surface area contributed by atoms with E-state index in [9.17, 15) is 14.4 Å². The smallest absolute Gasteiger partial charge is 0.333 e. The Morgan fingerprint density at radius 2 is 1.97 bits per heavy atom. The molecular formula is C20H20ClN5O4. The van der Waals surface area contributed by atoms with Crippen LogP contribution in [0.15, 0.2) is 34.0 Å². The quantitative estimate of drug-likeness (QED) is 0.496. The van der Waals surface area contributed by atoms with Crippen LogP contribution in [0.3, 0.4) is 0 Å². The van der Waals surface area contributed by atoms with Crippen LogP contribution in [0, 0.1) is 6.92 Å². The van der Waals surface area contributed by atoms with Gasteiger partial charge in [-0.25, -0.2) is 9.36 Å². The largest absolute Gasteiger partial charge is 0.495 e. The van der Waals surface area contributed by atoms with Crippen molar-refractivity contribution in [1.29, 1.82) is 0 Å². The van der Waals surface area contributed by atoms with Crippen molar-refractivity contribution in [2.24, 2.45) is 7.05 Å². The molecule has 0 radical (unpaired) electrons. The van der Waals surface area contributed by atoms with Crippen molar-refractivity contribution < 1.29 is 9.53 Å². The van der Waals surface area contributed by atoms with Crippen molar-refractivity contribution in [1.82, 2.24) is 23.1 Å². The van der Waals surface area contributed by atoms with E-state index in [-0.39, 0.29) is 16.9 Å². The number of rotatable bonds is 4. The van der Waals surface area contributed by atoms with Gasteiger partial charge in [0, 0.05) is 18.9 Å². The Bertz CT molecular complexity index is 1460. The SMILES string of the molecule is COc1ccc(-n2c(C)cn3c4c(=O)n([C@H](C)C(C)=O)c(=O)n(C)c4nc23)cc1Cl. The number of methoxy groups -OCH3 is 1. The fourth-order valence-corrected chi connectivity index (χ4v) is 3.87. The first kappa shape index (κ1) is 20.0. The fraction of sp³-hybridized carbons (Fsp3) is 0.300. The van der Waals surface area contributed by atoms with Crippen molar-refractivity contribution in [3.8, 4) is 11.4 Å². The second kappa shape index (κ2) is 6.88. The molecule has 0 unspecified atom stereocenters. The van der Waals surface area contributed by atoms with Crippen molar-refractivity contribution in [2.45, 2.75) is 26.8 Å². The Hall–Kier alpha value is -3.33. The standard InChI is InChI=1S/C20H20ClN5O4/c1-10-9-24-16-17(23(4)20(29)26(18(16)28)11(2)12(3)27)22-19(24)25(10)13-6-7-15(30-5)14(21)8-13/h6-9,11H,1-5H3/t11-/m1/s1. The first-order chi connectivity index (χ1) is 14.2. The lowest BCUT2D eigenvalue weighted by Crippen LogP contribution is -2.42. The number of hydrogen-bond donors (Lipinski definition) is 0. The number of nitrogens with zero attached hydrogens (tertiary/aromatic N) is 5. The van der Waals surface area contributed by atoms with Gasteiger partial charge in [-0.2, -0.15) is 4.98 Å². The molecule has 4 rings (SSSR count). The second-order valence-electron chi connectivity index (χ2n) is 7.18. The van der Waals surface area contributed by atoms with Crippen LogP contribution >= 0.6 is 11.6 Å². The van der Waals surface area contributed by atoms with E-state index in [1.165, 1.54) is 32.6 Å². The van der Waals surface area contributed by atoms with Gasteiger partial charge in [0.1, 0.15) is 5.75 Å². The number of hydrogen-bond acceptors (Lipinski definition) is 5. The van der Waals surface area contributed by atoms with Gasteiger partial charge in [0.2, 0.25) is 5.78 Å². The molecule has 1 atom stereocenters. The zero-order chi connectivity index (χ0) is 21.9. The van der Waals surface area contributed by atoms with E-state index < -0.39 is 17.3 Å². The molecule has 9 nitrogen and oxygen atoms in total. The van der Waals surface area contributed by atoms with E-state index in [4.69, 9.17) is 16.3 Å². The van der Waals surface area contributed by atoms with Crippen LogP contribution in [0.25, 0.3) is 22.6 Å². The van der Waals surface area contributed by atoms with E-state index in [0.717, 1.165) is 15.9 Å². The Morgan fingerprint density at radius 1 is 1.27 bits per heavy atom. The first-order valence-electron chi connectivity index (χ1n) is 9.23. The number of aryl methyl sites for hydroxylation is 2. The van der Waals surface area contributed by atoms with Crippen molar-refractivity contribution in [3.05, 3.63) is 56.0 Å². The lowest BCUT2D eigenvalue weighted by molar-refractivity contribution is -0.119. The molecule has 0 amide bonds. The van der Waals surface area contributed by atoms with Crippen molar-refractivity contribution in [2.75, 3.05) is 7.11 Å². The Balaban J connectivity index is 2.10. The lowest BCUT2D eigenvalue weighted by Gasteiger charge is -2.12. The molecular weight excluding hydrogens is 410 g/mol. The Kier molecular flexibility index (Phi) is 4.58. The van der Waals surface area contributed by atoms with Crippen molar-refractivity contribution in [3.63, 3.8) is 0 Å². The molecule has 30 heavy (non-hydrogen) atoms. The maximum atomic E-state index is 13.2. The summed E-state index contributed by atoms with van der Waals surface area (Å²) >= 11 is 6.29. The molecule has 4 aromatic rings. The Morgan fingerprint density at radius 3 is 2.57 bits per heavy atom. The fourth-order valence-electron chi connectivity index (χ4n) is 3.61. The van der Waals surface area contributed by atoms with E-state index >= 15 is 0 Å². The number of ketones is 1. The van der Waals surface area contributed by atoms with Gasteiger partial charge < -0.3 is 4.74 Å². The monoisotopic (exact) mass is 429 g/mol. The molecule has 1 aromatic carbocycles. The van der Waals surface area contributed by atoms with Crippen LogP contribution < -0.4 is 16.0 Å². The van der Waals surface area contributed by atoms with Gasteiger partial charge in [-0.1, -0.05) is 11.6 Å². The molecule has 0 saturated heterocycles. The third kappa shape index (κ3) is 2.69. The number of fused-ring (bicyclic) bond motifs is 3. The van der Waals surface area contributed by atoms with Gasteiger partial charge in [0.05, 0.1) is 23.9 Å². The topological polar surface area (TPSA) is 92.5 Å². The van der Waals surface area contributed by atoms with Gasteiger partial charge in [-0.3, -0.25) is 23.1 Å². The highest BCUT2D eigenvalue weighted by Crippen LogP contribution is 2.29. The van der Waals surface area contributed by atoms with Crippen LogP contribution in [0.1, 0.15) is 25.6 Å². The third-order valence-corrected chi connectivity index (χ3v) is 5.64. The summed E-state index contributed by atoms with van der Waals surface area (Å²) in [5, 5.41) is 0.433. The maximum absolute atomic E-state index is 13.2. The summed E-state index contributed by atoms with van der Waals surface area (Å²) in [4.78, 5) is 42.4. The number of ether oxygens (including phenoxy) is 1. The molecule has 3 heterocycles. The van der Waals surface area contributed by atoms with Crippen LogP contribution in [0.2, 0.25) is 5.02 Å². The number of carbonyl (C=O) groups excluding carboxylic acids is 1. The number of halogens is 1. The third-order valence-electron chi connectivity index (χ3n) is 5.34. The first-order valence-corrected chi connectivity index (χ1v) is 9.61. The zero-order valence-corrected chi connectivity index (χ0v) is 17.9. The van der Waals surface area contributed by atoms with Gasteiger partial charge in [0.25, 0.3) is 5.56 Å². The number of carbonyl (C=O) groups is 1. The second-order valence-corrected chi connectivity index (χ2v) is 7.59. The molecule has 156 valence electrons. The summed E-state index contributed by atoms with van der Waals surface area (Å²) in [6.07, 6.45) is 1.76. The minimum Gasteiger partial charge on any atom is -0.495 e. The molecule has 0 saturated carbocycles. The summed E-state index contributed by atoms with van der Waals surface area (Å²) in [6, 6.07) is 4.43. The average Bonchev–Trinajstić information content (AvgIpc) is 3.20. The van der Waals surface area contributed by atoms with Crippen LogP contribution in [0.5, 0.6) is 5.75 Å². The molecule has 3 aromatic heterocycles. The summed E-state index contributed by atoms with van der Waals surface area (Å²) < 4.78 is 10.9. The molecule has 0 aliphatic carbocycles. The summed E-state index contributed by atoms with van der Waals surface area (Å²) in [5.41, 5.74) is 0.841. The number of imidazole rings is 2. The predicted molar refractivity (Wildman–Crippen MR) is 113 cm³/mol. The van der Waals surface area contributed by atoms with E-state index in [1.807, 2.05) is 17.6 Å². The summed E-state index contributed by atoms with van der Waals surface area (Å²) in [5.74, 6) is 0.707. The van der Waals surface area contributed by atoms with Gasteiger partial charge in [-0.05, 0) is 39.0 Å². The number of Topliss-reactive ketones (excluding diaryl/α,β-unsaturated/α-hetero) is 1. The number of aromatic nitrogens is 5. The van der Waals surface area contributed by atoms with Crippen LogP contribution in [-0.4, -0.2) is 36.0 Å². The predicted octanol–water partition coefficient (Wildman–Crippen LogP) is 2.26. The van der Waals surface area contributed by atoms with E-state index in [0.29, 0.717) is 16.5 Å². The van der Waals surface area contributed by atoms with Gasteiger partial charge in [-0.15, -0.1) is 0 Å². The van der Waals surface area contributed by atoms with E-state index in [2.05, 4.69) is 4.98 Å². The highest BCUT2D eigenvalue weighted by molar-refractivity contribution is 6.32. The minimum atomic E-state index is -0.880. The highest BCUT2D eigenvalue weighted by Gasteiger charge is 2.24. The minimum absolute atomic E-state index is 0.224. The number of benzene rings is 1. The lowest BCUT2D eigenvalue weighted by atomic mass is 10.2. The van der Waals surface area contributed by atoms with Crippen LogP contribution in [0.4, 0.5) is 0 Å². The molecule has 0 spiro atoms. The van der Waals surface area contributed by atoms with Gasteiger partial charge >= 0.3 is 5.69 Å². The molecule has 0 bridgehead atoms.